The van der Waals surface area contributed by atoms with E-state index in [9.17, 15) is 19.1 Å². The van der Waals surface area contributed by atoms with E-state index in [-0.39, 0.29) is 39.3 Å². The monoisotopic (exact) mass is 609 g/mol. The van der Waals surface area contributed by atoms with Crippen molar-refractivity contribution in [3.63, 3.8) is 0 Å². The van der Waals surface area contributed by atoms with Gasteiger partial charge in [0.25, 0.3) is 5.24 Å². The Morgan fingerprint density at radius 2 is 1.88 bits per heavy atom. The maximum Gasteiger partial charge on any atom is 0.288 e. The lowest BCUT2D eigenvalue weighted by Gasteiger charge is -2.60. The number of ether oxygens (including phenoxy) is 2. The second-order valence-electron chi connectivity index (χ2n) is 14.4. The summed E-state index contributed by atoms with van der Waals surface area (Å²) in [5.41, 5.74) is 1.94. The normalized spacial score (nSPS) is 38.7. The molecule has 2 aromatic rings. The average molecular weight is 610 g/mol. The fraction of sp³-hybridized carbons (Fsp3) is 0.606. The van der Waals surface area contributed by atoms with Crippen LogP contribution in [0, 0.1) is 34.4 Å². The van der Waals surface area contributed by atoms with Crippen molar-refractivity contribution in [3.05, 3.63) is 53.1 Å². The number of hydrogen-bond donors (Lipinski definition) is 1. The molecule has 2 heterocycles. The molecule has 0 radical (unpaired) electrons. The molecule has 10 heteroatoms. The lowest BCUT2D eigenvalue weighted by molar-refractivity contribution is -0.222. The van der Waals surface area contributed by atoms with E-state index in [1.165, 1.54) is 22.6 Å². The minimum atomic E-state index is -1.32. The van der Waals surface area contributed by atoms with Crippen molar-refractivity contribution in [1.82, 2.24) is 14.7 Å². The predicted molar refractivity (Wildman–Crippen MR) is 161 cm³/mol. The van der Waals surface area contributed by atoms with Gasteiger partial charge in [-0.25, -0.2) is 9.07 Å². The quantitative estimate of drug-likeness (QED) is 0.473. The zero-order valence-electron chi connectivity index (χ0n) is 25.6. The Morgan fingerprint density at radius 1 is 1.16 bits per heavy atom. The summed E-state index contributed by atoms with van der Waals surface area (Å²) in [6.45, 7) is 8.01. The van der Waals surface area contributed by atoms with Gasteiger partial charge < -0.3 is 19.5 Å². The predicted octanol–water partition coefficient (Wildman–Crippen LogP) is 5.61. The van der Waals surface area contributed by atoms with Crippen molar-refractivity contribution in [1.29, 1.82) is 0 Å². The number of benzene rings is 1. The maximum absolute atomic E-state index is 14.1. The van der Waals surface area contributed by atoms with Crippen LogP contribution in [0.2, 0.25) is 0 Å². The lowest BCUT2D eigenvalue weighted by atomic mass is 9.45. The first-order valence-electron chi connectivity index (χ1n) is 15.2. The average Bonchev–Trinajstić information content (AvgIpc) is 3.53. The molecule has 0 bridgehead atoms. The van der Waals surface area contributed by atoms with Crippen molar-refractivity contribution in [2.75, 3.05) is 14.1 Å². The number of amides is 1. The number of thioether (sulfide) groups is 1. The van der Waals surface area contributed by atoms with Gasteiger partial charge in [-0.3, -0.25) is 9.59 Å². The standard InChI is InChI=1S/C33H40FN3O5S/c1-30(2)41-26-14-23-22-12-7-19-13-24-18(17-35-37(24)21-10-8-20(34)9-11-21)15-31(19,3)27(22)25(38)16-32(23,4)33(26,42-30)28(39)43-29(40)36(5)6/h8-11,13,17,22-23,25-27,38H,7,12,14-16H2,1-6H3/t22-,23-,25-,26+,27+,31-,32-,33-/m0/s1. The third-order valence-electron chi connectivity index (χ3n) is 11.3. The molecule has 8 nitrogen and oxygen atoms in total. The topological polar surface area (TPSA) is 93.9 Å². The molecular weight excluding hydrogens is 569 g/mol. The van der Waals surface area contributed by atoms with Gasteiger partial charge in [-0.15, -0.1) is 0 Å². The van der Waals surface area contributed by atoms with Crippen LogP contribution >= 0.6 is 11.8 Å². The molecule has 8 atom stereocenters. The van der Waals surface area contributed by atoms with Gasteiger partial charge in [-0.1, -0.05) is 19.4 Å². The molecule has 3 saturated carbocycles. The Balaban J connectivity index is 1.24. The molecule has 5 aliphatic rings. The summed E-state index contributed by atoms with van der Waals surface area (Å²) in [6.07, 6.45) is 6.52. The minimum Gasteiger partial charge on any atom is -0.393 e. The SMILES string of the molecule is CN(C)C(=O)SC(=O)[C@@]12OC(C)(C)O[C@@H]1C[C@H]1[C@@H]3CCC4=Cc5c(cnn5-c5ccc(F)cc5)C[C@]4(C)[C@H]3[C@@H](O)C[C@@]12C. The molecule has 1 N–H and O–H groups in total. The lowest BCUT2D eigenvalue weighted by Crippen LogP contribution is -2.63. The van der Waals surface area contributed by atoms with Crippen molar-refractivity contribution < 1.29 is 28.6 Å². The van der Waals surface area contributed by atoms with Gasteiger partial charge in [0.05, 0.1) is 29.8 Å². The van der Waals surface area contributed by atoms with E-state index in [2.05, 4.69) is 25.0 Å². The van der Waals surface area contributed by atoms with Crippen LogP contribution in [-0.2, 0) is 20.7 Å². The van der Waals surface area contributed by atoms with Crippen LogP contribution in [0.15, 0.2) is 36.0 Å². The Labute approximate surface area is 256 Å². The highest BCUT2D eigenvalue weighted by Gasteiger charge is 2.77. The summed E-state index contributed by atoms with van der Waals surface area (Å²) in [7, 11) is 3.27. The van der Waals surface area contributed by atoms with Crippen LogP contribution in [-0.4, -0.2) is 67.8 Å². The van der Waals surface area contributed by atoms with Gasteiger partial charge >= 0.3 is 0 Å². The van der Waals surface area contributed by atoms with Crippen LogP contribution in [0.4, 0.5) is 9.18 Å². The van der Waals surface area contributed by atoms with E-state index in [4.69, 9.17) is 9.47 Å². The summed E-state index contributed by atoms with van der Waals surface area (Å²) >= 11 is 0.691. The Morgan fingerprint density at radius 3 is 2.58 bits per heavy atom. The molecule has 1 aromatic carbocycles. The molecule has 0 unspecified atom stereocenters. The largest absolute Gasteiger partial charge is 0.393 e. The van der Waals surface area contributed by atoms with E-state index in [0.717, 1.165) is 36.2 Å². The zero-order chi connectivity index (χ0) is 30.7. The van der Waals surface area contributed by atoms with E-state index in [0.29, 0.717) is 24.6 Å². The first kappa shape index (κ1) is 29.2. The number of fused-ring (bicyclic) bond motifs is 8. The van der Waals surface area contributed by atoms with Crippen molar-refractivity contribution in [2.24, 2.45) is 28.6 Å². The number of carbonyl (C=O) groups excluding carboxylic acids is 2. The number of aliphatic hydroxyl groups excluding tert-OH is 1. The maximum atomic E-state index is 14.1. The molecule has 7 rings (SSSR count). The highest BCUT2D eigenvalue weighted by Crippen LogP contribution is 2.71. The first-order chi connectivity index (χ1) is 20.2. The Hall–Kier alpha value is -2.53. The number of halogens is 1. The first-order valence-corrected chi connectivity index (χ1v) is 16.1. The summed E-state index contributed by atoms with van der Waals surface area (Å²) in [6, 6.07) is 6.37. The molecule has 43 heavy (non-hydrogen) atoms. The van der Waals surface area contributed by atoms with E-state index in [1.54, 1.807) is 26.2 Å². The summed E-state index contributed by atoms with van der Waals surface area (Å²) in [5, 5.41) is 16.1. The number of carbonyl (C=O) groups is 2. The Kier molecular flexibility index (Phi) is 6.44. The molecule has 4 fully saturated rings. The molecule has 0 spiro atoms. The Bertz CT molecular complexity index is 1540. The zero-order valence-corrected chi connectivity index (χ0v) is 26.4. The molecule has 1 aromatic heterocycles. The highest BCUT2D eigenvalue weighted by atomic mass is 32.2. The van der Waals surface area contributed by atoms with Crippen LogP contribution in [0.5, 0.6) is 0 Å². The second kappa shape index (κ2) is 9.49. The van der Waals surface area contributed by atoms with Crippen LogP contribution in [0.1, 0.15) is 64.6 Å². The van der Waals surface area contributed by atoms with E-state index in [1.807, 2.05) is 24.7 Å². The smallest absolute Gasteiger partial charge is 0.288 e. The number of aliphatic hydroxyl groups is 1. The minimum absolute atomic E-state index is 0.0112. The molecule has 1 aliphatic heterocycles. The summed E-state index contributed by atoms with van der Waals surface area (Å²) < 4.78 is 28.5. The van der Waals surface area contributed by atoms with E-state index >= 15 is 0 Å². The van der Waals surface area contributed by atoms with Crippen molar-refractivity contribution >= 4 is 28.2 Å². The molecule has 230 valence electrons. The number of nitrogens with zero attached hydrogens (tertiary/aromatic N) is 3. The third kappa shape index (κ3) is 4.02. The number of allylic oxidation sites excluding steroid dienone is 1. The van der Waals surface area contributed by atoms with Gasteiger partial charge in [0, 0.05) is 31.3 Å². The van der Waals surface area contributed by atoms with Crippen LogP contribution in [0.25, 0.3) is 11.8 Å². The highest BCUT2D eigenvalue weighted by molar-refractivity contribution is 8.26. The third-order valence-corrected chi connectivity index (χ3v) is 12.4. The van der Waals surface area contributed by atoms with Crippen LogP contribution < -0.4 is 0 Å². The van der Waals surface area contributed by atoms with Gasteiger partial charge in [-0.05, 0) is 105 Å². The molecule has 4 aliphatic carbocycles. The molecular formula is C33H40FN3O5S. The fourth-order valence-electron chi connectivity index (χ4n) is 9.67. The number of rotatable bonds is 2. The van der Waals surface area contributed by atoms with Gasteiger partial charge in [0.15, 0.2) is 11.4 Å². The number of hydrogen-bond acceptors (Lipinski definition) is 7. The van der Waals surface area contributed by atoms with Gasteiger partial charge in [0.2, 0.25) is 5.12 Å². The van der Waals surface area contributed by atoms with E-state index < -0.39 is 29.0 Å². The second-order valence-corrected chi connectivity index (χ2v) is 15.3. The molecule has 1 amide bonds. The van der Waals surface area contributed by atoms with Crippen molar-refractivity contribution in [3.8, 4) is 5.69 Å². The van der Waals surface area contributed by atoms with Crippen LogP contribution in [0.3, 0.4) is 0 Å². The van der Waals surface area contributed by atoms with Crippen molar-refractivity contribution in [2.45, 2.75) is 83.4 Å². The fourth-order valence-corrected chi connectivity index (χ4v) is 10.6. The summed E-state index contributed by atoms with van der Waals surface area (Å²) in [4.78, 5) is 28.3. The number of aromatic nitrogens is 2. The van der Waals surface area contributed by atoms with Gasteiger partial charge in [-0.2, -0.15) is 5.10 Å². The summed E-state index contributed by atoms with van der Waals surface area (Å²) in [5.74, 6) is -1.03. The molecule has 1 saturated heterocycles. The van der Waals surface area contributed by atoms with Gasteiger partial charge in [0.1, 0.15) is 5.82 Å².